The summed E-state index contributed by atoms with van der Waals surface area (Å²) in [4.78, 5) is 17.0. The van der Waals surface area contributed by atoms with Gasteiger partial charge in [0.2, 0.25) is 0 Å². The summed E-state index contributed by atoms with van der Waals surface area (Å²) >= 11 is 0. The van der Waals surface area contributed by atoms with Gasteiger partial charge in [-0.1, -0.05) is 32.0 Å². The molecule has 1 fully saturated rings. The highest BCUT2D eigenvalue weighted by molar-refractivity contribution is 5.94. The minimum atomic E-state index is 0.131. The number of carbonyl (C=O) groups excluding carboxylic acids is 1. The van der Waals surface area contributed by atoms with Crippen LogP contribution in [-0.2, 0) is 6.42 Å². The van der Waals surface area contributed by atoms with Crippen molar-refractivity contribution in [2.75, 3.05) is 38.2 Å². The summed E-state index contributed by atoms with van der Waals surface area (Å²) in [5, 5.41) is 0. The molecule has 0 saturated carbocycles. The van der Waals surface area contributed by atoms with E-state index in [1.165, 1.54) is 5.56 Å². The van der Waals surface area contributed by atoms with Gasteiger partial charge in [-0.2, -0.15) is 0 Å². The minimum absolute atomic E-state index is 0.131. The second kappa shape index (κ2) is 8.26. The fraction of sp³-hybridized carbons (Fsp3) is 0.409. The fourth-order valence-electron chi connectivity index (χ4n) is 3.41. The molecule has 0 bridgehead atoms. The monoisotopic (exact) mass is 352 g/mol. The molecule has 138 valence electrons. The van der Waals surface area contributed by atoms with Gasteiger partial charge in [-0.3, -0.25) is 4.79 Å². The number of methoxy groups -OCH3 is 1. The van der Waals surface area contributed by atoms with Gasteiger partial charge in [0.25, 0.3) is 5.91 Å². The highest BCUT2D eigenvalue weighted by atomic mass is 16.5. The molecule has 0 radical (unpaired) electrons. The summed E-state index contributed by atoms with van der Waals surface area (Å²) in [6, 6.07) is 16.2. The molecule has 0 aliphatic carbocycles. The predicted molar refractivity (Wildman–Crippen MR) is 106 cm³/mol. The molecule has 2 aromatic rings. The van der Waals surface area contributed by atoms with E-state index in [1.54, 1.807) is 7.11 Å². The molecule has 2 aromatic carbocycles. The van der Waals surface area contributed by atoms with Gasteiger partial charge in [0, 0.05) is 43.5 Å². The highest BCUT2D eigenvalue weighted by Gasteiger charge is 2.22. The normalized spacial score (nSPS) is 14.6. The first kappa shape index (κ1) is 18.3. The molecule has 1 saturated heterocycles. The average Bonchev–Trinajstić information content (AvgIpc) is 2.68. The molecule has 0 atom stereocenters. The molecule has 1 aliphatic heterocycles. The van der Waals surface area contributed by atoms with Crippen LogP contribution in [0, 0.1) is 5.92 Å². The maximum atomic E-state index is 12.8. The lowest BCUT2D eigenvalue weighted by molar-refractivity contribution is 0.0747. The molecule has 0 N–H and O–H groups in total. The largest absolute Gasteiger partial charge is 0.497 e. The van der Waals surface area contributed by atoms with Crippen molar-refractivity contribution >= 4 is 11.6 Å². The topological polar surface area (TPSA) is 32.8 Å². The SMILES string of the molecule is COc1cccc(N2CCN(C(=O)c3ccc(CC(C)C)cc3)CC2)c1. The van der Waals surface area contributed by atoms with Crippen LogP contribution in [0.3, 0.4) is 0 Å². The van der Waals surface area contributed by atoms with E-state index in [9.17, 15) is 4.79 Å². The van der Waals surface area contributed by atoms with Crippen LogP contribution >= 0.6 is 0 Å². The van der Waals surface area contributed by atoms with Crippen LogP contribution in [0.2, 0.25) is 0 Å². The van der Waals surface area contributed by atoms with Crippen LogP contribution in [-0.4, -0.2) is 44.1 Å². The van der Waals surface area contributed by atoms with Crippen molar-refractivity contribution in [1.29, 1.82) is 0 Å². The van der Waals surface area contributed by atoms with Crippen LogP contribution in [0.25, 0.3) is 0 Å². The van der Waals surface area contributed by atoms with E-state index in [-0.39, 0.29) is 5.91 Å². The fourth-order valence-corrected chi connectivity index (χ4v) is 3.41. The first-order valence-corrected chi connectivity index (χ1v) is 9.34. The Bertz CT molecular complexity index is 732. The van der Waals surface area contributed by atoms with Gasteiger partial charge in [-0.25, -0.2) is 0 Å². The maximum absolute atomic E-state index is 12.8. The summed E-state index contributed by atoms with van der Waals surface area (Å²) < 4.78 is 5.31. The Labute approximate surface area is 156 Å². The van der Waals surface area contributed by atoms with E-state index >= 15 is 0 Å². The van der Waals surface area contributed by atoms with Crippen LogP contribution < -0.4 is 9.64 Å². The Morgan fingerprint density at radius 2 is 1.73 bits per heavy atom. The first-order chi connectivity index (χ1) is 12.6. The van der Waals surface area contributed by atoms with Crippen molar-refractivity contribution in [3.8, 4) is 5.75 Å². The van der Waals surface area contributed by atoms with Crippen molar-refractivity contribution in [3.63, 3.8) is 0 Å². The Balaban J connectivity index is 1.59. The summed E-state index contributed by atoms with van der Waals surface area (Å²) in [5.41, 5.74) is 3.22. The van der Waals surface area contributed by atoms with E-state index < -0.39 is 0 Å². The van der Waals surface area contributed by atoms with Gasteiger partial charge in [0.15, 0.2) is 0 Å². The van der Waals surface area contributed by atoms with Crippen molar-refractivity contribution in [2.24, 2.45) is 5.92 Å². The molecular formula is C22H28N2O2. The third kappa shape index (κ3) is 4.37. The number of amides is 1. The van der Waals surface area contributed by atoms with Gasteiger partial charge in [-0.15, -0.1) is 0 Å². The van der Waals surface area contributed by atoms with Gasteiger partial charge in [-0.05, 0) is 42.2 Å². The summed E-state index contributed by atoms with van der Waals surface area (Å²) in [5.74, 6) is 1.62. The van der Waals surface area contributed by atoms with Crippen LogP contribution in [0.15, 0.2) is 48.5 Å². The van der Waals surface area contributed by atoms with Crippen LogP contribution in [0.4, 0.5) is 5.69 Å². The molecule has 1 aliphatic rings. The Morgan fingerprint density at radius 1 is 1.04 bits per heavy atom. The lowest BCUT2D eigenvalue weighted by atomic mass is 10.0. The Kier molecular flexibility index (Phi) is 5.82. The number of hydrogen-bond donors (Lipinski definition) is 0. The zero-order valence-electron chi connectivity index (χ0n) is 15.9. The number of hydrogen-bond acceptors (Lipinski definition) is 3. The lowest BCUT2D eigenvalue weighted by Crippen LogP contribution is -2.48. The van der Waals surface area contributed by atoms with Gasteiger partial charge >= 0.3 is 0 Å². The second-order valence-electron chi connectivity index (χ2n) is 7.28. The van der Waals surface area contributed by atoms with E-state index in [1.807, 2.05) is 35.2 Å². The van der Waals surface area contributed by atoms with Crippen LogP contribution in [0.1, 0.15) is 29.8 Å². The number of rotatable bonds is 5. The molecule has 1 heterocycles. The van der Waals surface area contributed by atoms with Crippen LogP contribution in [0.5, 0.6) is 5.75 Å². The number of benzene rings is 2. The van der Waals surface area contributed by atoms with Gasteiger partial charge in [0.1, 0.15) is 5.75 Å². The molecule has 0 aromatic heterocycles. The van der Waals surface area contributed by atoms with Crippen molar-refractivity contribution in [3.05, 3.63) is 59.7 Å². The first-order valence-electron chi connectivity index (χ1n) is 9.34. The Hall–Kier alpha value is -2.49. The minimum Gasteiger partial charge on any atom is -0.497 e. The summed E-state index contributed by atoms with van der Waals surface area (Å²) in [6.07, 6.45) is 1.05. The maximum Gasteiger partial charge on any atom is 0.253 e. The molecule has 4 heteroatoms. The average molecular weight is 352 g/mol. The number of nitrogens with zero attached hydrogens (tertiary/aromatic N) is 2. The van der Waals surface area contributed by atoms with Gasteiger partial charge < -0.3 is 14.5 Å². The number of piperazine rings is 1. The third-order valence-electron chi connectivity index (χ3n) is 4.83. The van der Waals surface area contributed by atoms with Crippen molar-refractivity contribution < 1.29 is 9.53 Å². The molecule has 0 unspecified atom stereocenters. The molecule has 0 spiro atoms. The molecular weight excluding hydrogens is 324 g/mol. The molecule has 3 rings (SSSR count). The van der Waals surface area contributed by atoms with Gasteiger partial charge in [0.05, 0.1) is 7.11 Å². The number of anilines is 1. The third-order valence-corrected chi connectivity index (χ3v) is 4.83. The molecule has 26 heavy (non-hydrogen) atoms. The number of ether oxygens (including phenoxy) is 1. The van der Waals surface area contributed by atoms with E-state index in [4.69, 9.17) is 4.74 Å². The Morgan fingerprint density at radius 3 is 2.35 bits per heavy atom. The van der Waals surface area contributed by atoms with E-state index in [0.717, 1.165) is 49.6 Å². The highest BCUT2D eigenvalue weighted by Crippen LogP contribution is 2.22. The molecule has 1 amide bonds. The zero-order chi connectivity index (χ0) is 18.5. The van der Waals surface area contributed by atoms with E-state index in [0.29, 0.717) is 5.92 Å². The quantitative estimate of drug-likeness (QED) is 0.819. The van der Waals surface area contributed by atoms with E-state index in [2.05, 4.69) is 36.9 Å². The lowest BCUT2D eigenvalue weighted by Gasteiger charge is -2.36. The summed E-state index contributed by atoms with van der Waals surface area (Å²) in [6.45, 7) is 7.57. The second-order valence-corrected chi connectivity index (χ2v) is 7.28. The smallest absolute Gasteiger partial charge is 0.253 e. The number of carbonyl (C=O) groups is 1. The molecule has 4 nitrogen and oxygen atoms in total. The summed E-state index contributed by atoms with van der Waals surface area (Å²) in [7, 11) is 1.68. The van der Waals surface area contributed by atoms with Crippen molar-refractivity contribution in [2.45, 2.75) is 20.3 Å². The predicted octanol–water partition coefficient (Wildman–Crippen LogP) is 3.86. The zero-order valence-corrected chi connectivity index (χ0v) is 15.9. The standard InChI is InChI=1S/C22H28N2O2/c1-17(2)15-18-7-9-19(10-8-18)22(25)24-13-11-23(12-14-24)20-5-4-6-21(16-20)26-3/h4-10,16-17H,11-15H2,1-3H3. The van der Waals surface area contributed by atoms with Crippen molar-refractivity contribution in [1.82, 2.24) is 4.90 Å².